The first kappa shape index (κ1) is 11.8. The fraction of sp³-hybridized carbons (Fsp3) is 0.545. The summed E-state index contributed by atoms with van der Waals surface area (Å²) in [5, 5.41) is 9.07. The fourth-order valence-corrected chi connectivity index (χ4v) is 2.06. The first-order valence-corrected chi connectivity index (χ1v) is 5.52. The Morgan fingerprint density at radius 3 is 2.53 bits per heavy atom. The normalized spacial score (nSPS) is 24.7. The summed E-state index contributed by atoms with van der Waals surface area (Å²) in [4.78, 5) is 21.0. The molecule has 1 fully saturated rings. The van der Waals surface area contributed by atoms with Crippen molar-refractivity contribution in [1.82, 2.24) is 9.97 Å². The molecular weight excluding hydrogens is 222 g/mol. The van der Waals surface area contributed by atoms with Gasteiger partial charge in [-0.2, -0.15) is 0 Å². The van der Waals surface area contributed by atoms with Crippen molar-refractivity contribution < 1.29 is 14.6 Å². The molecule has 0 radical (unpaired) electrons. The molecule has 92 valence electrons. The van der Waals surface area contributed by atoms with E-state index in [2.05, 4.69) is 9.97 Å². The third-order valence-electron chi connectivity index (χ3n) is 2.60. The third kappa shape index (κ3) is 2.52. The Labute approximate surface area is 99.2 Å². The van der Waals surface area contributed by atoms with Crippen LogP contribution in [0.2, 0.25) is 0 Å². The van der Waals surface area contributed by atoms with Gasteiger partial charge >= 0.3 is 5.97 Å². The maximum atomic E-state index is 11.1. The molecule has 0 bridgehead atoms. The number of ether oxygens (including phenoxy) is 1. The van der Waals surface area contributed by atoms with Crippen molar-refractivity contribution in [1.29, 1.82) is 0 Å². The van der Waals surface area contributed by atoms with Crippen LogP contribution in [0.3, 0.4) is 0 Å². The molecule has 1 N–H and O–H groups in total. The van der Waals surface area contributed by atoms with E-state index in [1.165, 1.54) is 12.4 Å². The summed E-state index contributed by atoms with van der Waals surface area (Å²) in [5.41, 5.74) is -0.00574. The van der Waals surface area contributed by atoms with Gasteiger partial charge in [0.05, 0.1) is 12.2 Å². The lowest BCUT2D eigenvalue weighted by Gasteiger charge is -2.36. The van der Waals surface area contributed by atoms with Crippen molar-refractivity contribution in [2.75, 3.05) is 18.0 Å². The monoisotopic (exact) mass is 237 g/mol. The first-order chi connectivity index (χ1) is 8.08. The predicted octanol–water partition coefficient (Wildman–Crippen LogP) is 0.788. The molecule has 0 amide bonds. The van der Waals surface area contributed by atoms with E-state index in [1.54, 1.807) is 0 Å². The van der Waals surface area contributed by atoms with Crippen LogP contribution in [0.15, 0.2) is 12.4 Å². The van der Waals surface area contributed by atoms with Crippen molar-refractivity contribution in [2.45, 2.75) is 26.1 Å². The molecule has 2 heterocycles. The minimum absolute atomic E-state index is 0.00574. The predicted molar refractivity (Wildman–Crippen MR) is 61.2 cm³/mol. The lowest BCUT2D eigenvalue weighted by atomic mass is 10.2. The molecule has 6 nitrogen and oxygen atoms in total. The topological polar surface area (TPSA) is 75.6 Å². The molecular formula is C11H15N3O3. The molecule has 0 unspecified atom stereocenters. The average molecular weight is 237 g/mol. The highest BCUT2D eigenvalue weighted by Crippen LogP contribution is 2.20. The summed E-state index contributed by atoms with van der Waals surface area (Å²) in [6.45, 7) is 5.17. The van der Waals surface area contributed by atoms with E-state index in [0.717, 1.165) is 0 Å². The van der Waals surface area contributed by atoms with E-state index in [-0.39, 0.29) is 17.9 Å². The Morgan fingerprint density at radius 2 is 1.94 bits per heavy atom. The van der Waals surface area contributed by atoms with Gasteiger partial charge in [-0.25, -0.2) is 14.8 Å². The largest absolute Gasteiger partial charge is 0.476 e. The van der Waals surface area contributed by atoms with Crippen LogP contribution in [0.1, 0.15) is 24.3 Å². The average Bonchev–Trinajstić information content (AvgIpc) is 2.27. The Morgan fingerprint density at radius 1 is 1.35 bits per heavy atom. The molecule has 1 aromatic rings. The zero-order valence-corrected chi connectivity index (χ0v) is 9.83. The van der Waals surface area contributed by atoms with E-state index >= 15 is 0 Å². The van der Waals surface area contributed by atoms with Crippen molar-refractivity contribution in [2.24, 2.45) is 0 Å². The van der Waals surface area contributed by atoms with Gasteiger partial charge in [-0.3, -0.25) is 0 Å². The van der Waals surface area contributed by atoms with Gasteiger partial charge in [0.15, 0.2) is 11.5 Å². The molecule has 1 saturated heterocycles. The summed E-state index contributed by atoms with van der Waals surface area (Å²) >= 11 is 0. The van der Waals surface area contributed by atoms with Crippen LogP contribution in [0, 0.1) is 0 Å². The number of aromatic carboxylic acids is 1. The summed E-state index contributed by atoms with van der Waals surface area (Å²) < 4.78 is 5.60. The zero-order valence-electron chi connectivity index (χ0n) is 9.83. The number of carboxylic acid groups (broad SMARTS) is 1. The van der Waals surface area contributed by atoms with Crippen molar-refractivity contribution >= 4 is 11.8 Å². The van der Waals surface area contributed by atoms with Gasteiger partial charge in [-0.1, -0.05) is 0 Å². The van der Waals surface area contributed by atoms with E-state index in [0.29, 0.717) is 18.9 Å². The number of carboxylic acids is 1. The quantitative estimate of drug-likeness (QED) is 0.819. The van der Waals surface area contributed by atoms with Gasteiger partial charge in [-0.05, 0) is 13.8 Å². The number of aromatic nitrogens is 2. The van der Waals surface area contributed by atoms with Gasteiger partial charge in [-0.15, -0.1) is 0 Å². The summed E-state index contributed by atoms with van der Waals surface area (Å²) in [5.74, 6) is -0.637. The molecule has 1 aliphatic rings. The van der Waals surface area contributed by atoms with Crippen LogP contribution in [-0.4, -0.2) is 46.3 Å². The van der Waals surface area contributed by atoms with E-state index in [1.807, 2.05) is 18.7 Å². The fourth-order valence-electron chi connectivity index (χ4n) is 2.06. The highest BCUT2D eigenvalue weighted by atomic mass is 16.5. The minimum atomic E-state index is -1.06. The van der Waals surface area contributed by atoms with Gasteiger partial charge < -0.3 is 14.7 Å². The Balaban J connectivity index is 2.30. The molecule has 2 atom stereocenters. The molecule has 2 rings (SSSR count). The third-order valence-corrected chi connectivity index (χ3v) is 2.60. The summed E-state index contributed by atoms with van der Waals surface area (Å²) in [6, 6.07) is 0. The van der Waals surface area contributed by atoms with Gasteiger partial charge in [0, 0.05) is 25.5 Å². The number of carbonyl (C=O) groups is 1. The Hall–Kier alpha value is -1.69. The number of anilines is 1. The summed E-state index contributed by atoms with van der Waals surface area (Å²) in [7, 11) is 0. The molecule has 17 heavy (non-hydrogen) atoms. The van der Waals surface area contributed by atoms with Crippen LogP contribution < -0.4 is 4.90 Å². The second-order valence-corrected chi connectivity index (χ2v) is 4.20. The van der Waals surface area contributed by atoms with Gasteiger partial charge in [0.25, 0.3) is 0 Å². The molecule has 1 aliphatic heterocycles. The van der Waals surface area contributed by atoms with Crippen LogP contribution in [0.4, 0.5) is 5.82 Å². The number of morpholine rings is 1. The zero-order chi connectivity index (χ0) is 12.4. The van der Waals surface area contributed by atoms with Gasteiger partial charge in [0.1, 0.15) is 0 Å². The smallest absolute Gasteiger partial charge is 0.358 e. The molecule has 6 heteroatoms. The van der Waals surface area contributed by atoms with Crippen molar-refractivity contribution in [3.05, 3.63) is 18.1 Å². The number of rotatable bonds is 2. The molecule has 0 spiro atoms. The van der Waals surface area contributed by atoms with E-state index in [9.17, 15) is 4.79 Å². The maximum Gasteiger partial charge on any atom is 0.358 e. The molecule has 0 aliphatic carbocycles. The van der Waals surface area contributed by atoms with Crippen LogP contribution in [-0.2, 0) is 4.74 Å². The van der Waals surface area contributed by atoms with Crippen molar-refractivity contribution in [3.8, 4) is 0 Å². The molecule has 0 saturated carbocycles. The number of hydrogen-bond acceptors (Lipinski definition) is 5. The Bertz CT molecular complexity index is 414. The number of hydrogen-bond donors (Lipinski definition) is 1. The number of nitrogens with zero attached hydrogens (tertiary/aromatic N) is 3. The lowest BCUT2D eigenvalue weighted by Crippen LogP contribution is -2.46. The van der Waals surface area contributed by atoms with E-state index < -0.39 is 5.97 Å². The second kappa shape index (κ2) is 4.67. The highest BCUT2D eigenvalue weighted by molar-refractivity contribution is 5.90. The van der Waals surface area contributed by atoms with Crippen LogP contribution in [0.5, 0.6) is 0 Å². The minimum Gasteiger partial charge on any atom is -0.476 e. The molecule has 1 aromatic heterocycles. The van der Waals surface area contributed by atoms with Crippen LogP contribution >= 0.6 is 0 Å². The standard InChI is InChI=1S/C11H15N3O3/c1-7-5-14(6-8(2)17-7)10-9(11(15)16)12-3-4-13-10/h3-4,7-8H,5-6H2,1-2H3,(H,15,16)/t7-,8+. The Kier molecular flexibility index (Phi) is 3.23. The maximum absolute atomic E-state index is 11.1. The highest BCUT2D eigenvalue weighted by Gasteiger charge is 2.26. The lowest BCUT2D eigenvalue weighted by molar-refractivity contribution is -0.00559. The first-order valence-electron chi connectivity index (χ1n) is 5.52. The molecule has 0 aromatic carbocycles. The van der Waals surface area contributed by atoms with Crippen LogP contribution in [0.25, 0.3) is 0 Å². The van der Waals surface area contributed by atoms with Gasteiger partial charge in [0.2, 0.25) is 0 Å². The van der Waals surface area contributed by atoms with Crippen molar-refractivity contribution in [3.63, 3.8) is 0 Å². The second-order valence-electron chi connectivity index (χ2n) is 4.20. The van der Waals surface area contributed by atoms with E-state index in [4.69, 9.17) is 9.84 Å². The summed E-state index contributed by atoms with van der Waals surface area (Å²) in [6.07, 6.45) is 3.01. The SMILES string of the molecule is C[C@@H]1CN(c2nccnc2C(=O)O)C[C@H](C)O1.